The van der Waals surface area contributed by atoms with Crippen molar-refractivity contribution in [2.24, 2.45) is 0 Å². The van der Waals surface area contributed by atoms with Crippen LogP contribution in [0.2, 0.25) is 0 Å². The third-order valence-electron chi connectivity index (χ3n) is 3.25. The lowest BCUT2D eigenvalue weighted by Gasteiger charge is -2.00. The fraction of sp³-hybridized carbons (Fsp3) is 0. The van der Waals surface area contributed by atoms with Crippen LogP contribution in [0.4, 0.5) is 0 Å². The van der Waals surface area contributed by atoms with E-state index in [9.17, 15) is 0 Å². The number of fused-ring (bicyclic) bond motifs is 1. The molecule has 1 aromatic heterocycles. The first-order valence-electron chi connectivity index (χ1n) is 6.35. The molecule has 2 aromatic carbocycles. The van der Waals surface area contributed by atoms with Gasteiger partial charge in [-0.05, 0) is 46.3 Å². The molecule has 0 aliphatic heterocycles. The van der Waals surface area contributed by atoms with Gasteiger partial charge in [0.05, 0.1) is 27.7 Å². The Bertz CT molecular complexity index is 972. The van der Waals surface area contributed by atoms with E-state index in [0.717, 1.165) is 5.39 Å². The molecule has 1 heterocycles. The lowest BCUT2D eigenvalue weighted by atomic mass is 10.1. The van der Waals surface area contributed by atoms with Crippen molar-refractivity contribution >= 4 is 32.6 Å². The summed E-state index contributed by atoms with van der Waals surface area (Å²) in [6, 6.07) is 16.0. The molecule has 3 aromatic rings. The molecule has 0 atom stereocenters. The van der Waals surface area contributed by atoms with E-state index in [-0.39, 0.29) is 5.71 Å². The standard InChI is InChI=1S/C17H8BrN3O/c18-14-6-11(9-20)5-13-7-15(22-17(13)14)16(21)12-3-1-10(8-19)2-4-12/h1-7,21H. The number of benzene rings is 2. The fourth-order valence-electron chi connectivity index (χ4n) is 2.15. The molecule has 1 N–H and O–H groups in total. The molecule has 3 rings (SSSR count). The molecule has 0 amide bonds. The summed E-state index contributed by atoms with van der Waals surface area (Å²) in [5, 5.41) is 26.8. The quantitative estimate of drug-likeness (QED) is 0.697. The van der Waals surface area contributed by atoms with Gasteiger partial charge in [0.1, 0.15) is 11.3 Å². The molecule has 0 saturated carbocycles. The predicted octanol–water partition coefficient (Wildman–Crippen LogP) is 4.35. The second-order valence-electron chi connectivity index (χ2n) is 4.66. The van der Waals surface area contributed by atoms with E-state index >= 15 is 0 Å². The molecule has 4 nitrogen and oxygen atoms in total. The zero-order chi connectivity index (χ0) is 15.7. The van der Waals surface area contributed by atoms with Gasteiger partial charge in [-0.3, -0.25) is 5.41 Å². The summed E-state index contributed by atoms with van der Waals surface area (Å²) in [6.07, 6.45) is 0. The van der Waals surface area contributed by atoms with Gasteiger partial charge in [0.15, 0.2) is 5.76 Å². The van der Waals surface area contributed by atoms with E-state index in [4.69, 9.17) is 20.4 Å². The highest BCUT2D eigenvalue weighted by molar-refractivity contribution is 9.10. The van der Waals surface area contributed by atoms with Crippen LogP contribution in [0.5, 0.6) is 0 Å². The molecule has 0 aliphatic carbocycles. The molecule has 104 valence electrons. The first kappa shape index (κ1) is 14.1. The molecule has 0 fully saturated rings. The lowest BCUT2D eigenvalue weighted by molar-refractivity contribution is 0.603. The second-order valence-corrected chi connectivity index (χ2v) is 5.52. The highest BCUT2D eigenvalue weighted by Crippen LogP contribution is 2.29. The number of furan rings is 1. The largest absolute Gasteiger partial charge is 0.453 e. The Morgan fingerprint density at radius 1 is 1.00 bits per heavy atom. The third-order valence-corrected chi connectivity index (χ3v) is 3.84. The first-order chi connectivity index (χ1) is 10.6. The Hall–Kier alpha value is -2.89. The maximum atomic E-state index is 8.99. The van der Waals surface area contributed by atoms with Crippen molar-refractivity contribution in [1.82, 2.24) is 0 Å². The maximum absolute atomic E-state index is 8.99. The zero-order valence-corrected chi connectivity index (χ0v) is 12.8. The SMILES string of the molecule is N#Cc1ccc(C(=N)c2cc3cc(C#N)cc(Br)c3o2)cc1. The van der Waals surface area contributed by atoms with Gasteiger partial charge < -0.3 is 4.42 Å². The summed E-state index contributed by atoms with van der Waals surface area (Å²) >= 11 is 3.37. The molecule has 22 heavy (non-hydrogen) atoms. The molecule has 5 heteroatoms. The van der Waals surface area contributed by atoms with Crippen LogP contribution in [-0.2, 0) is 0 Å². The van der Waals surface area contributed by atoms with Crippen molar-refractivity contribution in [2.75, 3.05) is 0 Å². The molecule has 0 unspecified atom stereocenters. The minimum Gasteiger partial charge on any atom is -0.453 e. The average Bonchev–Trinajstić information content (AvgIpc) is 2.98. The minimum absolute atomic E-state index is 0.228. The second kappa shape index (κ2) is 5.48. The number of rotatable bonds is 2. The highest BCUT2D eigenvalue weighted by Gasteiger charge is 2.14. The van der Waals surface area contributed by atoms with Crippen LogP contribution in [0.25, 0.3) is 11.0 Å². The Kier molecular flexibility index (Phi) is 3.50. The number of nitrogens with one attached hydrogen (secondary N) is 1. The minimum atomic E-state index is 0.228. The normalized spacial score (nSPS) is 10.1. The van der Waals surface area contributed by atoms with Crippen molar-refractivity contribution in [2.45, 2.75) is 0 Å². The number of hydrogen-bond donors (Lipinski definition) is 1. The van der Waals surface area contributed by atoms with Crippen LogP contribution in [0, 0.1) is 28.1 Å². The molecule has 0 saturated heterocycles. The number of nitrogens with zero attached hydrogens (tertiary/aromatic N) is 2. The van der Waals surface area contributed by atoms with Crippen LogP contribution < -0.4 is 0 Å². The highest BCUT2D eigenvalue weighted by atomic mass is 79.9. The topological polar surface area (TPSA) is 84.6 Å². The van der Waals surface area contributed by atoms with E-state index < -0.39 is 0 Å². The molecule has 0 spiro atoms. The van der Waals surface area contributed by atoms with Crippen molar-refractivity contribution in [3.05, 3.63) is 69.4 Å². The van der Waals surface area contributed by atoms with Crippen LogP contribution in [-0.4, -0.2) is 5.71 Å². The van der Waals surface area contributed by atoms with Gasteiger partial charge in [-0.2, -0.15) is 10.5 Å². The smallest absolute Gasteiger partial charge is 0.153 e. The first-order valence-corrected chi connectivity index (χ1v) is 7.14. The van der Waals surface area contributed by atoms with Crippen molar-refractivity contribution in [3.8, 4) is 12.1 Å². The van der Waals surface area contributed by atoms with E-state index in [0.29, 0.717) is 32.5 Å². The van der Waals surface area contributed by atoms with Gasteiger partial charge in [0, 0.05) is 10.9 Å². The van der Waals surface area contributed by atoms with Gasteiger partial charge in [0.2, 0.25) is 0 Å². The summed E-state index contributed by atoms with van der Waals surface area (Å²) in [5.74, 6) is 0.412. The number of halogens is 1. The van der Waals surface area contributed by atoms with E-state index in [1.165, 1.54) is 0 Å². The van der Waals surface area contributed by atoms with Crippen LogP contribution >= 0.6 is 15.9 Å². The van der Waals surface area contributed by atoms with Gasteiger partial charge in [0.25, 0.3) is 0 Å². The van der Waals surface area contributed by atoms with Crippen molar-refractivity contribution in [1.29, 1.82) is 15.9 Å². The molecular weight excluding hydrogens is 342 g/mol. The molecular formula is C17H8BrN3O. The van der Waals surface area contributed by atoms with E-state index in [2.05, 4.69) is 22.0 Å². The summed E-state index contributed by atoms with van der Waals surface area (Å²) in [6.45, 7) is 0. The third kappa shape index (κ3) is 2.39. The number of hydrogen-bond acceptors (Lipinski definition) is 4. The van der Waals surface area contributed by atoms with Crippen molar-refractivity contribution in [3.63, 3.8) is 0 Å². The zero-order valence-electron chi connectivity index (χ0n) is 11.2. The molecule has 0 aliphatic rings. The van der Waals surface area contributed by atoms with Crippen LogP contribution in [0.15, 0.2) is 51.4 Å². The van der Waals surface area contributed by atoms with E-state index in [1.54, 1.807) is 42.5 Å². The predicted molar refractivity (Wildman–Crippen MR) is 85.7 cm³/mol. The van der Waals surface area contributed by atoms with E-state index in [1.807, 2.05) is 6.07 Å². The maximum Gasteiger partial charge on any atom is 0.153 e. The summed E-state index contributed by atoms with van der Waals surface area (Å²) in [5.41, 5.74) is 2.56. The lowest BCUT2D eigenvalue weighted by Crippen LogP contribution is -1.99. The summed E-state index contributed by atoms with van der Waals surface area (Å²) in [7, 11) is 0. The summed E-state index contributed by atoms with van der Waals surface area (Å²) < 4.78 is 6.41. The molecule has 0 bridgehead atoms. The Labute approximate surface area is 134 Å². The number of nitriles is 2. The Morgan fingerprint density at radius 3 is 2.32 bits per heavy atom. The average molecular weight is 350 g/mol. The molecule has 0 radical (unpaired) electrons. The summed E-state index contributed by atoms with van der Waals surface area (Å²) in [4.78, 5) is 0. The van der Waals surface area contributed by atoms with Gasteiger partial charge >= 0.3 is 0 Å². The van der Waals surface area contributed by atoms with Crippen LogP contribution in [0.3, 0.4) is 0 Å². The van der Waals surface area contributed by atoms with Crippen molar-refractivity contribution < 1.29 is 4.42 Å². The Balaban J connectivity index is 2.06. The Morgan fingerprint density at radius 2 is 1.68 bits per heavy atom. The monoisotopic (exact) mass is 349 g/mol. The van der Waals surface area contributed by atoms with Gasteiger partial charge in [-0.25, -0.2) is 0 Å². The fourth-order valence-corrected chi connectivity index (χ4v) is 2.71. The van der Waals surface area contributed by atoms with Gasteiger partial charge in [-0.15, -0.1) is 0 Å². The van der Waals surface area contributed by atoms with Gasteiger partial charge in [-0.1, -0.05) is 12.1 Å². The van der Waals surface area contributed by atoms with Crippen LogP contribution in [0.1, 0.15) is 22.5 Å².